The third-order valence-corrected chi connectivity index (χ3v) is 16.9. The van der Waals surface area contributed by atoms with Gasteiger partial charge in [0, 0.05) is 37.1 Å². The van der Waals surface area contributed by atoms with E-state index in [2.05, 4.69) is 17.7 Å². The van der Waals surface area contributed by atoms with E-state index < -0.39 is 141 Å². The Morgan fingerprint density at radius 1 is 0.690 bits per heavy atom. The molecule has 0 aromatic carbocycles. The third kappa shape index (κ3) is 23.5. The number of aliphatic hydroxyl groups is 10. The van der Waals surface area contributed by atoms with Gasteiger partial charge in [-0.15, -0.1) is 0 Å². The molecule has 8 unspecified atom stereocenters. The zero-order chi connectivity index (χ0) is 61.4. The minimum atomic E-state index is -2.34. The van der Waals surface area contributed by atoms with Gasteiger partial charge in [0.2, 0.25) is 0 Å². The number of rotatable bonds is 8. The zero-order valence-electron chi connectivity index (χ0n) is 50.1. The first kappa shape index (κ1) is 70.6. The van der Waals surface area contributed by atoms with Crippen molar-refractivity contribution >= 4 is 17.9 Å². The highest BCUT2D eigenvalue weighted by molar-refractivity contribution is 5.80. The summed E-state index contributed by atoms with van der Waals surface area (Å²) in [6.07, 6.45) is 9.62. The molecule has 0 spiro atoms. The predicted octanol–water partition coefficient (Wildman–Crippen LogP) is 2.19. The third-order valence-electron chi connectivity index (χ3n) is 16.9. The normalized spacial score (nSPS) is 41.0. The van der Waals surface area contributed by atoms with Crippen LogP contribution in [-0.4, -0.2) is 231 Å². The highest BCUT2D eigenvalue weighted by Gasteiger charge is 2.52. The van der Waals surface area contributed by atoms with E-state index in [9.17, 15) is 60.7 Å². The number of guanidine groups is 1. The molecule has 4 heterocycles. The molecule has 19 atom stereocenters. The number of morpholine rings is 1. The van der Waals surface area contributed by atoms with Gasteiger partial charge >= 0.3 is 11.9 Å². The molecule has 1 aliphatic carbocycles. The number of allylic oxidation sites excluding steroid dienone is 12. The van der Waals surface area contributed by atoms with Crippen LogP contribution in [0, 0.1) is 17.8 Å². The summed E-state index contributed by atoms with van der Waals surface area (Å²) in [6, 6.07) is -0.912. The van der Waals surface area contributed by atoms with Gasteiger partial charge in [0.1, 0.15) is 37.3 Å². The van der Waals surface area contributed by atoms with Crippen LogP contribution in [0.3, 0.4) is 0 Å². The van der Waals surface area contributed by atoms with E-state index in [-0.39, 0.29) is 44.1 Å². The first-order chi connectivity index (χ1) is 40.0. The van der Waals surface area contributed by atoms with Gasteiger partial charge in [-0.1, -0.05) is 118 Å². The summed E-state index contributed by atoms with van der Waals surface area (Å²) in [5, 5.41) is 120. The summed E-state index contributed by atoms with van der Waals surface area (Å²) in [4.78, 5) is 31.2. The number of methoxy groups -OCH3 is 1. The van der Waals surface area contributed by atoms with Crippen molar-refractivity contribution in [1.82, 2.24) is 10.6 Å². The van der Waals surface area contributed by atoms with Crippen molar-refractivity contribution in [2.45, 2.75) is 215 Å². The van der Waals surface area contributed by atoms with E-state index in [4.69, 9.17) is 33.4 Å². The van der Waals surface area contributed by atoms with Gasteiger partial charge in [-0.05, 0) is 52.4 Å². The number of quaternary nitrogens is 1. The van der Waals surface area contributed by atoms with Gasteiger partial charge in [0.15, 0.2) is 18.0 Å². The number of likely N-dealkylation sites (N-methyl/N-ethyl adjacent to an activating group) is 1. The average Bonchev–Trinajstić information content (AvgIpc) is 3.50. The Hall–Kier alpha value is -4.21. The molecule has 0 aromatic heterocycles. The van der Waals surface area contributed by atoms with Gasteiger partial charge in [-0.25, -0.2) is 4.99 Å². The molecule has 84 heavy (non-hydrogen) atoms. The molecule has 1 saturated carbocycles. The molecule has 476 valence electrons. The number of esters is 2. The lowest BCUT2D eigenvalue weighted by atomic mass is 9.82. The second kappa shape index (κ2) is 35.6. The molecule has 2 bridgehead atoms. The van der Waals surface area contributed by atoms with Crippen molar-refractivity contribution in [3.05, 3.63) is 85.1 Å². The lowest BCUT2D eigenvalue weighted by molar-refractivity contribution is -0.915. The van der Waals surface area contributed by atoms with Crippen LogP contribution in [-0.2, 0) is 38.0 Å². The van der Waals surface area contributed by atoms with Gasteiger partial charge < -0.3 is 94.6 Å². The largest absolute Gasteiger partial charge is 0.469 e. The van der Waals surface area contributed by atoms with Crippen LogP contribution in [0.15, 0.2) is 90.1 Å². The monoisotopic (exact) mass is 1190 g/mol. The van der Waals surface area contributed by atoms with Gasteiger partial charge in [0.05, 0.1) is 114 Å². The van der Waals surface area contributed by atoms with E-state index in [0.29, 0.717) is 25.7 Å². The van der Waals surface area contributed by atoms with Crippen LogP contribution in [0.1, 0.15) is 111 Å². The highest BCUT2D eigenvalue weighted by Crippen LogP contribution is 2.39. The standard InChI is InChI=1S/C62H101N4O18/c1-40-22-18-15-13-11-9-7-8-10-12-14-16-21-25-48(83-60-58(76)55(57(75)43(4)82-60)65-61(64-44-23-19-17-20-24-44)63-28-29-66(5)30-32-80-33-31-66)37-52-54(59(77)79-6)51(72)39-62(78,84-52)38-50(71)49(70)27-26-45(67)34-46(68)35-47(69)36-53(73)81-42(3)41(2)56(40)74/h7-16,18,21-22,25,40-52,54-58,60,67-72,74-76,78H,17,19-20,23-24,26-39H2,1-6H3,(H2,63,64,65)/q+1/b8-7+,11-9+,12-10+,15-13+,16-14+,22-18-,25-21+/t40-,41-,42-,43+,45?,46?,47?,48-,49?,50?,51?,52?,54?,55-,56+,57+,58-,60-,62+/m0/s1. The second-order valence-corrected chi connectivity index (χ2v) is 24.0. The molecule has 22 nitrogen and oxygen atoms in total. The fraction of sp³-hybridized carbons (Fsp3) is 0.726. The first-order valence-electron chi connectivity index (χ1n) is 30.3. The maximum atomic E-state index is 13.5. The summed E-state index contributed by atoms with van der Waals surface area (Å²) in [6.45, 7) is 11.2. The number of carbonyl (C=O) groups excluding carboxylic acids is 2. The predicted molar refractivity (Wildman–Crippen MR) is 314 cm³/mol. The maximum absolute atomic E-state index is 13.5. The average molecular weight is 1190 g/mol. The Morgan fingerprint density at radius 2 is 1.29 bits per heavy atom. The molecular weight excluding hydrogens is 1090 g/mol. The topological polar surface area (TPSA) is 328 Å². The van der Waals surface area contributed by atoms with E-state index in [1.807, 2.05) is 55.5 Å². The van der Waals surface area contributed by atoms with Crippen molar-refractivity contribution in [3.8, 4) is 0 Å². The Morgan fingerprint density at radius 3 is 1.92 bits per heavy atom. The van der Waals surface area contributed by atoms with Crippen LogP contribution < -0.4 is 10.6 Å². The molecule has 0 aromatic rings. The summed E-state index contributed by atoms with van der Waals surface area (Å²) >= 11 is 0. The lowest BCUT2D eigenvalue weighted by Gasteiger charge is -2.46. The maximum Gasteiger partial charge on any atom is 0.313 e. The van der Waals surface area contributed by atoms with Crippen molar-refractivity contribution in [1.29, 1.82) is 0 Å². The van der Waals surface area contributed by atoms with Gasteiger partial charge in [-0.2, -0.15) is 0 Å². The van der Waals surface area contributed by atoms with Gasteiger partial charge in [0.25, 0.3) is 0 Å². The van der Waals surface area contributed by atoms with E-state index in [1.54, 1.807) is 57.2 Å². The minimum Gasteiger partial charge on any atom is -0.469 e. The van der Waals surface area contributed by atoms with Crippen molar-refractivity contribution < 1.29 is 93.6 Å². The summed E-state index contributed by atoms with van der Waals surface area (Å²) in [5.41, 5.74) is 0. The van der Waals surface area contributed by atoms with Crippen LogP contribution >= 0.6 is 0 Å². The number of ether oxygens (including phenoxy) is 6. The number of hydrogen-bond donors (Lipinski definition) is 12. The molecule has 0 radical (unpaired) electrons. The molecule has 22 heteroatoms. The van der Waals surface area contributed by atoms with Crippen molar-refractivity contribution in [2.24, 2.45) is 22.7 Å². The van der Waals surface area contributed by atoms with Crippen molar-refractivity contribution in [3.63, 3.8) is 0 Å². The smallest absolute Gasteiger partial charge is 0.313 e. The quantitative estimate of drug-likeness (QED) is 0.0717. The second-order valence-electron chi connectivity index (χ2n) is 24.0. The molecule has 4 fully saturated rings. The SMILES string of the molecule is COC(=O)C1C(O)C[C@@]2(O)CC(O)C(O)CCC(O)CC(O)CC(O)CC(=O)O[C@@H](C)[C@H](C)[C@H](O)[C@@H](C)\C=C/C=C/C=C/C=C/C=C/C=C/C=C/[C@H](O[C@@H]3O[C@H](C)[C@@H](O)[C@H](NC(=NCC[N+]4(C)CCOCC4)NC4CCCCC4)[C@@H]3O)CC1O2. The highest BCUT2D eigenvalue weighted by atomic mass is 16.7. The number of nitrogens with zero attached hydrogens (tertiary/aromatic N) is 2. The molecule has 0 amide bonds. The van der Waals surface area contributed by atoms with Crippen LogP contribution in [0.2, 0.25) is 0 Å². The Labute approximate surface area is 496 Å². The number of aliphatic imine (C=N–C) groups is 1. The number of aliphatic hydroxyl groups excluding tert-OH is 9. The van der Waals surface area contributed by atoms with Crippen molar-refractivity contribution in [2.75, 3.05) is 53.6 Å². The Kier molecular flexibility index (Phi) is 29.9. The molecular formula is C62H101N4O18+. The minimum absolute atomic E-state index is 0.130. The Bertz CT molecular complexity index is 2210. The van der Waals surface area contributed by atoms with Gasteiger partial charge in [-0.3, -0.25) is 9.59 Å². The lowest BCUT2D eigenvalue weighted by Crippen LogP contribution is -2.66. The summed E-state index contributed by atoms with van der Waals surface area (Å²) < 4.78 is 36.0. The number of fused-ring (bicyclic) bond motifs is 2. The zero-order valence-corrected chi connectivity index (χ0v) is 50.1. The molecule has 12 N–H and O–H groups in total. The Balaban J connectivity index is 1.40. The fourth-order valence-electron chi connectivity index (χ4n) is 11.4. The molecule has 5 rings (SSSR count). The first-order valence-corrected chi connectivity index (χ1v) is 30.3. The number of nitrogens with one attached hydrogen (secondary N) is 2. The van der Waals surface area contributed by atoms with Crippen LogP contribution in [0.4, 0.5) is 0 Å². The summed E-state index contributed by atoms with van der Waals surface area (Å²) in [5.74, 6) is -5.63. The van der Waals surface area contributed by atoms with Crippen LogP contribution in [0.25, 0.3) is 0 Å². The van der Waals surface area contributed by atoms with Crippen LogP contribution in [0.5, 0.6) is 0 Å². The number of cyclic esters (lactones) is 1. The van der Waals surface area contributed by atoms with E-state index in [0.717, 1.165) is 63.3 Å². The molecule has 5 aliphatic rings. The van der Waals surface area contributed by atoms with E-state index >= 15 is 0 Å². The number of hydrogen-bond acceptors (Lipinski definition) is 19. The summed E-state index contributed by atoms with van der Waals surface area (Å²) in [7, 11) is 3.32. The van der Waals surface area contributed by atoms with E-state index in [1.165, 1.54) is 0 Å². The molecule has 4 aliphatic heterocycles. The fourth-order valence-corrected chi connectivity index (χ4v) is 11.4. The molecule has 3 saturated heterocycles. The number of carbonyl (C=O) groups is 2.